The van der Waals surface area contributed by atoms with Crippen molar-refractivity contribution in [2.75, 3.05) is 0 Å². The van der Waals surface area contributed by atoms with Crippen LogP contribution in [0.4, 0.5) is 10.1 Å². The largest absolute Gasteiger partial charge is 0.260 e. The molecule has 2 heterocycles. The molecule has 3 aromatic rings. The van der Waals surface area contributed by atoms with Crippen molar-refractivity contribution < 1.29 is 4.39 Å². The average Bonchev–Trinajstić information content (AvgIpc) is 3.04. The van der Waals surface area contributed by atoms with Crippen molar-refractivity contribution in [3.63, 3.8) is 0 Å². The Morgan fingerprint density at radius 2 is 1.88 bits per heavy atom. The summed E-state index contributed by atoms with van der Waals surface area (Å²) in [6, 6.07) is 16.1. The predicted molar refractivity (Wildman–Crippen MR) is 99.8 cm³/mol. The molecular weight excluding hydrogens is 389 g/mol. The lowest BCUT2D eigenvalue weighted by Gasteiger charge is -2.05. The number of nitrogens with one attached hydrogen (secondary N) is 1. The molecule has 1 aromatic heterocycles. The van der Waals surface area contributed by atoms with E-state index in [1.165, 1.54) is 12.1 Å². The third kappa shape index (κ3) is 2.90. The summed E-state index contributed by atoms with van der Waals surface area (Å²) in [5, 5.41) is 6.58. The van der Waals surface area contributed by atoms with Gasteiger partial charge in [0.1, 0.15) is 11.5 Å². The highest BCUT2D eigenvalue weighted by Gasteiger charge is 2.18. The summed E-state index contributed by atoms with van der Waals surface area (Å²) in [7, 11) is 0. The molecule has 0 radical (unpaired) electrons. The molecule has 24 heavy (non-hydrogen) atoms. The molecule has 0 unspecified atom stereocenters. The molecule has 3 nitrogen and oxygen atoms in total. The Balaban J connectivity index is 1.87. The van der Waals surface area contributed by atoms with Gasteiger partial charge >= 0.3 is 0 Å². The van der Waals surface area contributed by atoms with Gasteiger partial charge in [0.25, 0.3) is 0 Å². The minimum Gasteiger partial charge on any atom is -0.260 e. The van der Waals surface area contributed by atoms with Crippen LogP contribution in [0, 0.1) is 5.82 Å². The van der Waals surface area contributed by atoms with Gasteiger partial charge < -0.3 is 0 Å². The number of halogens is 2. The number of hydrogen-bond donors (Lipinski definition) is 1. The van der Waals surface area contributed by atoms with Gasteiger partial charge in [-0.1, -0.05) is 22.0 Å². The van der Waals surface area contributed by atoms with Gasteiger partial charge in [-0.3, -0.25) is 5.43 Å². The molecule has 0 fully saturated rings. The first-order valence-electron chi connectivity index (χ1n) is 7.23. The van der Waals surface area contributed by atoms with E-state index in [0.29, 0.717) is 5.84 Å². The van der Waals surface area contributed by atoms with Gasteiger partial charge in [-0.15, -0.1) is 11.3 Å². The lowest BCUT2D eigenvalue weighted by molar-refractivity contribution is 0.627. The minimum atomic E-state index is -0.278. The van der Waals surface area contributed by atoms with Crippen LogP contribution in [0.25, 0.3) is 0 Å². The molecule has 1 aliphatic heterocycles. The first kappa shape index (κ1) is 15.2. The van der Waals surface area contributed by atoms with E-state index in [2.05, 4.69) is 26.5 Å². The average molecular weight is 400 g/mol. The van der Waals surface area contributed by atoms with Crippen LogP contribution in [-0.4, -0.2) is 11.5 Å². The SMILES string of the molecule is Fc1ccc(C2=Nc3ccc(Br)cc3C(c3cccs3)=NN2)cc1. The number of rotatable bonds is 2. The highest BCUT2D eigenvalue weighted by Crippen LogP contribution is 2.29. The second kappa shape index (κ2) is 6.30. The zero-order chi connectivity index (χ0) is 16.5. The number of nitrogens with zero attached hydrogens (tertiary/aromatic N) is 2. The molecule has 6 heteroatoms. The van der Waals surface area contributed by atoms with Gasteiger partial charge in [-0.05, 0) is 53.9 Å². The fraction of sp³-hybridized carbons (Fsp3) is 0. The normalized spacial score (nSPS) is 13.4. The van der Waals surface area contributed by atoms with E-state index in [9.17, 15) is 4.39 Å². The molecule has 4 rings (SSSR count). The molecule has 0 amide bonds. The summed E-state index contributed by atoms with van der Waals surface area (Å²) in [4.78, 5) is 5.75. The number of aliphatic imine (C=N–C) groups is 1. The van der Waals surface area contributed by atoms with Crippen LogP contribution in [0.3, 0.4) is 0 Å². The van der Waals surface area contributed by atoms with Crippen LogP contribution in [0.1, 0.15) is 16.0 Å². The molecule has 1 aliphatic rings. The standard InChI is InChI=1S/C18H11BrFN3S/c19-12-5-8-15-14(10-12)17(16-2-1-9-24-16)22-23-18(21-15)11-3-6-13(20)7-4-11/h1-10H,(H,21,23). The summed E-state index contributed by atoms with van der Waals surface area (Å²) in [5.41, 5.74) is 6.40. The maximum atomic E-state index is 13.2. The number of hydrogen-bond acceptors (Lipinski definition) is 4. The number of benzene rings is 2. The van der Waals surface area contributed by atoms with E-state index in [1.54, 1.807) is 23.5 Å². The molecule has 0 atom stereocenters. The number of amidine groups is 1. The van der Waals surface area contributed by atoms with Crippen molar-refractivity contribution in [2.24, 2.45) is 10.1 Å². The van der Waals surface area contributed by atoms with E-state index < -0.39 is 0 Å². The Labute approximate surface area is 150 Å². The summed E-state index contributed by atoms with van der Waals surface area (Å²) >= 11 is 5.13. The molecule has 1 N–H and O–H groups in total. The van der Waals surface area contributed by atoms with E-state index in [4.69, 9.17) is 4.99 Å². The second-order valence-corrected chi connectivity index (χ2v) is 7.04. The molecule has 0 bridgehead atoms. The van der Waals surface area contributed by atoms with Gasteiger partial charge in [0, 0.05) is 15.6 Å². The Bertz CT molecular complexity index is 947. The van der Waals surface area contributed by atoms with Gasteiger partial charge in [-0.2, -0.15) is 5.10 Å². The number of thiophene rings is 1. The topological polar surface area (TPSA) is 36.8 Å². The fourth-order valence-corrected chi connectivity index (χ4v) is 3.54. The fourth-order valence-electron chi connectivity index (χ4n) is 2.45. The lowest BCUT2D eigenvalue weighted by atomic mass is 10.1. The molecule has 0 spiro atoms. The van der Waals surface area contributed by atoms with E-state index >= 15 is 0 Å². The highest BCUT2D eigenvalue weighted by molar-refractivity contribution is 9.10. The van der Waals surface area contributed by atoms with Crippen LogP contribution < -0.4 is 5.43 Å². The first-order chi connectivity index (χ1) is 11.7. The Kier molecular flexibility index (Phi) is 4.00. The third-order valence-corrected chi connectivity index (χ3v) is 4.96. The second-order valence-electron chi connectivity index (χ2n) is 5.18. The van der Waals surface area contributed by atoms with Crippen molar-refractivity contribution in [1.82, 2.24) is 5.43 Å². The highest BCUT2D eigenvalue weighted by atomic mass is 79.9. The Morgan fingerprint density at radius 3 is 2.62 bits per heavy atom. The molecule has 0 saturated heterocycles. The summed E-state index contributed by atoms with van der Waals surface area (Å²) in [5.74, 6) is 0.310. The van der Waals surface area contributed by atoms with Crippen molar-refractivity contribution in [3.8, 4) is 0 Å². The van der Waals surface area contributed by atoms with Crippen molar-refractivity contribution >= 4 is 44.5 Å². The van der Waals surface area contributed by atoms with Gasteiger partial charge in [-0.25, -0.2) is 9.38 Å². The third-order valence-electron chi connectivity index (χ3n) is 3.59. The van der Waals surface area contributed by atoms with Crippen molar-refractivity contribution in [2.45, 2.75) is 0 Å². The smallest absolute Gasteiger partial charge is 0.154 e. The summed E-state index contributed by atoms with van der Waals surface area (Å²) in [6.07, 6.45) is 0. The predicted octanol–water partition coefficient (Wildman–Crippen LogP) is 5.08. The van der Waals surface area contributed by atoms with Crippen LogP contribution in [-0.2, 0) is 0 Å². The van der Waals surface area contributed by atoms with Crippen LogP contribution >= 0.6 is 27.3 Å². The maximum Gasteiger partial charge on any atom is 0.154 e. The van der Waals surface area contributed by atoms with E-state index in [0.717, 1.165) is 31.9 Å². The first-order valence-corrected chi connectivity index (χ1v) is 8.90. The Morgan fingerprint density at radius 1 is 1.04 bits per heavy atom. The van der Waals surface area contributed by atoms with Crippen LogP contribution in [0.2, 0.25) is 0 Å². The Hall–Kier alpha value is -2.31. The number of hydrazone groups is 1. The zero-order valence-electron chi connectivity index (χ0n) is 12.3. The van der Waals surface area contributed by atoms with Gasteiger partial charge in [0.2, 0.25) is 0 Å². The molecule has 0 saturated carbocycles. The lowest BCUT2D eigenvalue weighted by Crippen LogP contribution is -2.19. The summed E-state index contributed by atoms with van der Waals surface area (Å²) < 4.78 is 14.1. The molecule has 0 aliphatic carbocycles. The maximum absolute atomic E-state index is 13.2. The van der Waals surface area contributed by atoms with Crippen LogP contribution in [0.5, 0.6) is 0 Å². The van der Waals surface area contributed by atoms with E-state index in [1.807, 2.05) is 35.7 Å². The summed E-state index contributed by atoms with van der Waals surface area (Å²) in [6.45, 7) is 0. The number of fused-ring (bicyclic) bond motifs is 1. The molecule has 118 valence electrons. The van der Waals surface area contributed by atoms with Gasteiger partial charge in [0.15, 0.2) is 5.84 Å². The van der Waals surface area contributed by atoms with Crippen molar-refractivity contribution in [3.05, 3.63) is 86.3 Å². The van der Waals surface area contributed by atoms with Gasteiger partial charge in [0.05, 0.1) is 10.6 Å². The monoisotopic (exact) mass is 399 g/mol. The minimum absolute atomic E-state index is 0.278. The quantitative estimate of drug-likeness (QED) is 0.640. The van der Waals surface area contributed by atoms with Crippen molar-refractivity contribution in [1.29, 1.82) is 0 Å². The van der Waals surface area contributed by atoms with Crippen LogP contribution in [0.15, 0.2) is 74.5 Å². The molecular formula is C18H11BrFN3S. The zero-order valence-corrected chi connectivity index (χ0v) is 14.7. The molecule has 2 aromatic carbocycles. The van der Waals surface area contributed by atoms with E-state index in [-0.39, 0.29) is 5.82 Å².